The van der Waals surface area contributed by atoms with Gasteiger partial charge in [-0.05, 0) is 79.7 Å². The van der Waals surface area contributed by atoms with Crippen LogP contribution in [0.25, 0.3) is 0 Å². The van der Waals surface area contributed by atoms with Gasteiger partial charge >= 0.3 is 0 Å². The van der Waals surface area contributed by atoms with Crippen LogP contribution in [0.2, 0.25) is 0 Å². The zero-order valence-electron chi connectivity index (χ0n) is 17.9. The highest BCUT2D eigenvalue weighted by Crippen LogP contribution is 2.19. The molecule has 0 aromatic heterocycles. The van der Waals surface area contributed by atoms with Crippen molar-refractivity contribution in [1.29, 1.82) is 0 Å². The smallest absolute Gasteiger partial charge is 0.0162 e. The standard InChI is InChI=1S/C12H30N4S2.C6H16N2S/c1-13-5-3-7-15-9-11-17-18-12-10-16-8-4-6-14-2;1-7-3-2-4-8-5-6-9/h13-16H,3-12H2,1-2H3;7-9H,2-6H2,1H3. The van der Waals surface area contributed by atoms with Crippen LogP contribution in [0.1, 0.15) is 19.3 Å². The molecule has 0 amide bonds. The zero-order valence-corrected chi connectivity index (χ0v) is 20.4. The Morgan fingerprint density at radius 1 is 0.519 bits per heavy atom. The van der Waals surface area contributed by atoms with E-state index in [1.54, 1.807) is 0 Å². The maximum atomic E-state index is 4.07. The Kier molecular flexibility index (Phi) is 35.0. The van der Waals surface area contributed by atoms with E-state index in [1.165, 1.54) is 30.8 Å². The average Bonchev–Trinajstić information content (AvgIpc) is 2.69. The van der Waals surface area contributed by atoms with Crippen molar-refractivity contribution in [2.45, 2.75) is 19.3 Å². The molecule has 6 N–H and O–H groups in total. The molecule has 9 heteroatoms. The molecule has 0 radical (unpaired) electrons. The Balaban J connectivity index is 0. The van der Waals surface area contributed by atoms with Gasteiger partial charge in [0, 0.05) is 36.9 Å². The lowest BCUT2D eigenvalue weighted by Crippen LogP contribution is -2.22. The molecule has 0 heterocycles. The molecule has 0 saturated heterocycles. The van der Waals surface area contributed by atoms with Crippen molar-refractivity contribution in [2.75, 3.05) is 97.3 Å². The number of nitrogens with one attached hydrogen (secondary N) is 6. The van der Waals surface area contributed by atoms with Gasteiger partial charge in [0.15, 0.2) is 0 Å². The summed E-state index contributed by atoms with van der Waals surface area (Å²) in [5.41, 5.74) is 0. The van der Waals surface area contributed by atoms with Gasteiger partial charge in [0.05, 0.1) is 0 Å². The van der Waals surface area contributed by atoms with Crippen LogP contribution in [0.5, 0.6) is 0 Å². The van der Waals surface area contributed by atoms with Crippen LogP contribution in [0.3, 0.4) is 0 Å². The molecule has 0 fully saturated rings. The molecule has 0 spiro atoms. The van der Waals surface area contributed by atoms with Crippen LogP contribution in [0.4, 0.5) is 0 Å². The second-order valence-electron chi connectivity index (χ2n) is 5.99. The Labute approximate surface area is 182 Å². The second-order valence-corrected chi connectivity index (χ2v) is 9.14. The summed E-state index contributed by atoms with van der Waals surface area (Å²) in [5, 5.41) is 19.5. The first kappa shape index (κ1) is 30.0. The van der Waals surface area contributed by atoms with Crippen molar-refractivity contribution in [1.82, 2.24) is 31.9 Å². The van der Waals surface area contributed by atoms with Gasteiger partial charge in [-0.3, -0.25) is 0 Å². The minimum atomic E-state index is 0.930. The predicted octanol–water partition coefficient (Wildman–Crippen LogP) is 0.881. The number of hydrogen-bond donors (Lipinski definition) is 7. The van der Waals surface area contributed by atoms with Crippen LogP contribution in [0.15, 0.2) is 0 Å². The third-order valence-corrected chi connectivity index (χ3v) is 6.07. The van der Waals surface area contributed by atoms with E-state index in [0.717, 1.165) is 64.7 Å². The van der Waals surface area contributed by atoms with Crippen molar-refractivity contribution in [3.8, 4) is 0 Å². The van der Waals surface area contributed by atoms with Gasteiger partial charge in [-0.2, -0.15) is 12.6 Å². The lowest BCUT2D eigenvalue weighted by atomic mass is 10.4. The van der Waals surface area contributed by atoms with E-state index in [4.69, 9.17) is 0 Å². The van der Waals surface area contributed by atoms with Crippen LogP contribution in [-0.2, 0) is 0 Å². The Morgan fingerprint density at radius 2 is 0.889 bits per heavy atom. The maximum Gasteiger partial charge on any atom is 0.0162 e. The summed E-state index contributed by atoms with van der Waals surface area (Å²) in [6.45, 7) is 9.92. The summed E-state index contributed by atoms with van der Waals surface area (Å²) in [4.78, 5) is 0. The van der Waals surface area contributed by atoms with Gasteiger partial charge in [-0.1, -0.05) is 21.6 Å². The van der Waals surface area contributed by atoms with Crippen LogP contribution in [0, 0.1) is 0 Å². The van der Waals surface area contributed by atoms with Crippen LogP contribution in [-0.4, -0.2) is 97.3 Å². The Morgan fingerprint density at radius 3 is 1.22 bits per heavy atom. The summed E-state index contributed by atoms with van der Waals surface area (Å²) in [6, 6.07) is 0. The fourth-order valence-electron chi connectivity index (χ4n) is 1.97. The first-order chi connectivity index (χ1) is 13.3. The average molecular weight is 443 g/mol. The topological polar surface area (TPSA) is 72.2 Å². The zero-order chi connectivity index (χ0) is 20.3. The van der Waals surface area contributed by atoms with Gasteiger partial charge in [0.2, 0.25) is 0 Å². The maximum absolute atomic E-state index is 4.07. The molecule has 0 bridgehead atoms. The molecule has 6 nitrogen and oxygen atoms in total. The van der Waals surface area contributed by atoms with Gasteiger partial charge in [-0.15, -0.1) is 0 Å². The van der Waals surface area contributed by atoms with Gasteiger partial charge in [-0.25, -0.2) is 0 Å². The minimum absolute atomic E-state index is 0.930. The summed E-state index contributed by atoms with van der Waals surface area (Å²) in [6.07, 6.45) is 3.62. The molecule has 0 atom stereocenters. The highest BCUT2D eigenvalue weighted by molar-refractivity contribution is 8.76. The van der Waals surface area contributed by atoms with E-state index >= 15 is 0 Å². The fraction of sp³-hybridized carbons (Fsp3) is 1.00. The van der Waals surface area contributed by atoms with Gasteiger partial charge in [0.25, 0.3) is 0 Å². The quantitative estimate of drug-likeness (QED) is 0.0803. The fourth-order valence-corrected chi connectivity index (χ4v) is 4.03. The van der Waals surface area contributed by atoms with Gasteiger partial charge < -0.3 is 31.9 Å². The number of rotatable bonds is 21. The van der Waals surface area contributed by atoms with Crippen LogP contribution >= 0.6 is 34.2 Å². The lowest BCUT2D eigenvalue weighted by Gasteiger charge is -2.05. The second kappa shape index (κ2) is 31.5. The molecule has 0 saturated carbocycles. The monoisotopic (exact) mass is 442 g/mol. The van der Waals surface area contributed by atoms with Gasteiger partial charge in [0.1, 0.15) is 0 Å². The van der Waals surface area contributed by atoms with Crippen LogP contribution < -0.4 is 31.9 Å². The molecule has 0 unspecified atom stereocenters. The molecule has 0 rings (SSSR count). The highest BCUT2D eigenvalue weighted by Gasteiger charge is 1.92. The first-order valence-electron chi connectivity index (χ1n) is 10.2. The highest BCUT2D eigenvalue weighted by atomic mass is 33.1. The largest absolute Gasteiger partial charge is 0.320 e. The molecule has 27 heavy (non-hydrogen) atoms. The third-order valence-electron chi connectivity index (χ3n) is 3.44. The SMILES string of the molecule is CNCCCNCCS.CNCCCNCCSSCCNCCCNC. The predicted molar refractivity (Wildman–Crippen MR) is 133 cm³/mol. The molecular formula is C18H46N6S3. The third kappa shape index (κ3) is 34.7. The summed E-state index contributed by atoms with van der Waals surface area (Å²) < 4.78 is 0. The molecule has 0 aromatic rings. The van der Waals surface area contributed by atoms with E-state index in [9.17, 15) is 0 Å². The Bertz CT molecular complexity index is 219. The van der Waals surface area contributed by atoms with E-state index in [-0.39, 0.29) is 0 Å². The lowest BCUT2D eigenvalue weighted by molar-refractivity contribution is 0.644. The molecular weight excluding hydrogens is 396 g/mol. The normalized spacial score (nSPS) is 10.7. The number of hydrogen-bond acceptors (Lipinski definition) is 9. The summed E-state index contributed by atoms with van der Waals surface area (Å²) >= 11 is 4.07. The minimum Gasteiger partial charge on any atom is -0.320 e. The van der Waals surface area contributed by atoms with E-state index in [2.05, 4.69) is 44.5 Å². The molecule has 166 valence electrons. The Hall–Kier alpha value is 0.810. The van der Waals surface area contributed by atoms with Crippen molar-refractivity contribution in [2.24, 2.45) is 0 Å². The van der Waals surface area contributed by atoms with Crippen molar-refractivity contribution in [3.63, 3.8) is 0 Å². The van der Waals surface area contributed by atoms with Crippen molar-refractivity contribution in [3.05, 3.63) is 0 Å². The molecule has 0 aromatic carbocycles. The summed E-state index contributed by atoms with van der Waals surface area (Å²) in [5.74, 6) is 3.33. The summed E-state index contributed by atoms with van der Waals surface area (Å²) in [7, 11) is 9.91. The first-order valence-corrected chi connectivity index (χ1v) is 13.4. The number of thiol groups is 1. The molecule has 0 aliphatic rings. The van der Waals surface area contributed by atoms with E-state index in [1.807, 2.05) is 42.7 Å². The van der Waals surface area contributed by atoms with Crippen molar-refractivity contribution < 1.29 is 0 Å². The molecule has 0 aliphatic heterocycles. The van der Waals surface area contributed by atoms with E-state index < -0.39 is 0 Å². The molecule has 0 aliphatic carbocycles. The van der Waals surface area contributed by atoms with E-state index in [0.29, 0.717) is 0 Å². The van der Waals surface area contributed by atoms with Crippen molar-refractivity contribution >= 4 is 34.2 Å².